The highest BCUT2D eigenvalue weighted by Gasteiger charge is 2.19. The molecule has 0 aliphatic rings. The van der Waals surface area contributed by atoms with E-state index in [1.54, 1.807) is 30.3 Å². The van der Waals surface area contributed by atoms with Crippen molar-refractivity contribution in [1.82, 2.24) is 5.16 Å². The van der Waals surface area contributed by atoms with Gasteiger partial charge in [0.1, 0.15) is 11.5 Å². The summed E-state index contributed by atoms with van der Waals surface area (Å²) in [5.74, 6) is -0.217. The van der Waals surface area contributed by atoms with E-state index < -0.39 is 0 Å². The zero-order valence-corrected chi connectivity index (χ0v) is 12.0. The summed E-state index contributed by atoms with van der Waals surface area (Å²) in [7, 11) is 0. The van der Waals surface area contributed by atoms with E-state index in [1.807, 2.05) is 13.0 Å². The van der Waals surface area contributed by atoms with Crippen molar-refractivity contribution in [3.05, 3.63) is 58.9 Å². The zero-order chi connectivity index (χ0) is 15.0. The van der Waals surface area contributed by atoms with Crippen LogP contribution in [0.15, 0.2) is 47.0 Å². The van der Waals surface area contributed by atoms with Crippen LogP contribution in [-0.2, 0) is 0 Å². The van der Waals surface area contributed by atoms with Crippen LogP contribution in [0.5, 0.6) is 0 Å². The molecule has 5 heteroatoms. The second-order valence-electron chi connectivity index (χ2n) is 4.76. The van der Waals surface area contributed by atoms with Crippen molar-refractivity contribution >= 4 is 17.5 Å². The minimum atomic E-state index is -0.362. The van der Waals surface area contributed by atoms with Gasteiger partial charge < -0.3 is 10.3 Å². The summed E-state index contributed by atoms with van der Waals surface area (Å²) in [6, 6.07) is 12.0. The summed E-state index contributed by atoms with van der Waals surface area (Å²) >= 11 is 5.88. The monoisotopic (exact) mass is 302 g/mol. The molecule has 0 fully saturated rings. The third kappa shape index (κ3) is 2.50. The predicted molar refractivity (Wildman–Crippen MR) is 81.5 cm³/mol. The maximum absolute atomic E-state index is 14.2. The smallest absolute Gasteiger partial charge is 0.230 e. The fraction of sp³-hybridized carbons (Fsp3) is 0.0625. The molecular weight excluding hydrogens is 291 g/mol. The van der Waals surface area contributed by atoms with Gasteiger partial charge in [-0.3, -0.25) is 0 Å². The number of aromatic nitrogens is 1. The molecule has 0 saturated heterocycles. The number of nitrogen functional groups attached to an aromatic ring is 1. The molecule has 1 heterocycles. The molecule has 2 aromatic carbocycles. The van der Waals surface area contributed by atoms with Crippen molar-refractivity contribution in [2.45, 2.75) is 6.92 Å². The molecule has 0 spiro atoms. The molecule has 0 saturated carbocycles. The highest BCUT2D eigenvalue weighted by molar-refractivity contribution is 6.30. The van der Waals surface area contributed by atoms with Gasteiger partial charge in [-0.15, -0.1) is 0 Å². The van der Waals surface area contributed by atoms with Gasteiger partial charge in [-0.1, -0.05) is 35.0 Å². The summed E-state index contributed by atoms with van der Waals surface area (Å²) in [5.41, 5.74) is 8.75. The first-order chi connectivity index (χ1) is 10.1. The molecule has 3 rings (SSSR count). The van der Waals surface area contributed by atoms with E-state index in [9.17, 15) is 4.39 Å². The average Bonchev–Trinajstić information content (AvgIpc) is 2.82. The maximum Gasteiger partial charge on any atom is 0.230 e. The molecule has 0 radical (unpaired) electrons. The standard InChI is InChI=1S/C16H12ClFN2O/c1-9-2-7-12(13(18)8-9)15-14(16(19)21-20-15)10-3-5-11(17)6-4-10/h2-8H,19H2,1H3. The van der Waals surface area contributed by atoms with Gasteiger partial charge >= 0.3 is 0 Å². The summed E-state index contributed by atoms with van der Waals surface area (Å²) in [6.45, 7) is 1.82. The molecule has 106 valence electrons. The van der Waals surface area contributed by atoms with E-state index in [-0.39, 0.29) is 11.7 Å². The number of aryl methyl sites for hydroxylation is 1. The molecule has 2 N–H and O–H groups in total. The molecule has 0 bridgehead atoms. The highest BCUT2D eigenvalue weighted by Crippen LogP contribution is 2.37. The van der Waals surface area contributed by atoms with Gasteiger partial charge in [0.25, 0.3) is 0 Å². The Kier molecular flexibility index (Phi) is 3.39. The van der Waals surface area contributed by atoms with Gasteiger partial charge in [0.15, 0.2) is 0 Å². The van der Waals surface area contributed by atoms with Crippen LogP contribution in [0, 0.1) is 12.7 Å². The Morgan fingerprint density at radius 2 is 1.86 bits per heavy atom. The number of halogens is 2. The Hall–Kier alpha value is -2.33. The molecule has 0 aliphatic carbocycles. The van der Waals surface area contributed by atoms with Crippen molar-refractivity contribution in [2.24, 2.45) is 0 Å². The summed E-state index contributed by atoms with van der Waals surface area (Å²) < 4.78 is 19.2. The number of rotatable bonds is 2. The maximum atomic E-state index is 14.2. The van der Waals surface area contributed by atoms with Crippen molar-refractivity contribution in [2.75, 3.05) is 5.73 Å². The van der Waals surface area contributed by atoms with Crippen LogP contribution in [0.25, 0.3) is 22.4 Å². The normalized spacial score (nSPS) is 10.8. The van der Waals surface area contributed by atoms with Crippen LogP contribution < -0.4 is 5.73 Å². The summed E-state index contributed by atoms with van der Waals surface area (Å²) in [6.07, 6.45) is 0. The van der Waals surface area contributed by atoms with Crippen LogP contribution in [0.4, 0.5) is 10.3 Å². The Morgan fingerprint density at radius 1 is 1.14 bits per heavy atom. The first kappa shape index (κ1) is 13.6. The minimum absolute atomic E-state index is 0.146. The summed E-state index contributed by atoms with van der Waals surface area (Å²) in [5, 5.41) is 4.51. The van der Waals surface area contributed by atoms with Crippen LogP contribution in [-0.4, -0.2) is 5.16 Å². The molecule has 0 atom stereocenters. The third-order valence-corrected chi connectivity index (χ3v) is 3.48. The van der Waals surface area contributed by atoms with Crippen molar-refractivity contribution in [3.63, 3.8) is 0 Å². The SMILES string of the molecule is Cc1ccc(-c2noc(N)c2-c2ccc(Cl)cc2)c(F)c1. The van der Waals surface area contributed by atoms with E-state index in [1.165, 1.54) is 6.07 Å². The number of hydrogen-bond acceptors (Lipinski definition) is 3. The van der Waals surface area contributed by atoms with Gasteiger partial charge in [0.05, 0.1) is 5.56 Å². The van der Waals surface area contributed by atoms with Gasteiger partial charge in [-0.2, -0.15) is 0 Å². The summed E-state index contributed by atoms with van der Waals surface area (Å²) in [4.78, 5) is 0. The van der Waals surface area contributed by atoms with Gasteiger partial charge in [-0.05, 0) is 42.3 Å². The fourth-order valence-corrected chi connectivity index (χ4v) is 2.32. The third-order valence-electron chi connectivity index (χ3n) is 3.23. The zero-order valence-electron chi connectivity index (χ0n) is 11.2. The van der Waals surface area contributed by atoms with Gasteiger partial charge in [-0.25, -0.2) is 4.39 Å². The second kappa shape index (κ2) is 5.22. The van der Waals surface area contributed by atoms with E-state index in [0.717, 1.165) is 11.1 Å². The van der Waals surface area contributed by atoms with Crippen LogP contribution >= 0.6 is 11.6 Å². The van der Waals surface area contributed by atoms with Crippen molar-refractivity contribution in [1.29, 1.82) is 0 Å². The lowest BCUT2D eigenvalue weighted by Crippen LogP contribution is -1.90. The molecule has 0 aliphatic heterocycles. The lowest BCUT2D eigenvalue weighted by molar-refractivity contribution is 0.439. The van der Waals surface area contributed by atoms with E-state index in [4.69, 9.17) is 21.9 Å². The first-order valence-corrected chi connectivity index (χ1v) is 6.71. The van der Waals surface area contributed by atoms with Crippen LogP contribution in [0.2, 0.25) is 5.02 Å². The number of nitrogens with two attached hydrogens (primary N) is 1. The Balaban J connectivity index is 2.19. The van der Waals surface area contributed by atoms with Crippen LogP contribution in [0.1, 0.15) is 5.56 Å². The molecule has 1 aromatic heterocycles. The van der Waals surface area contributed by atoms with Crippen molar-refractivity contribution < 1.29 is 8.91 Å². The van der Waals surface area contributed by atoms with E-state index in [0.29, 0.717) is 21.8 Å². The lowest BCUT2D eigenvalue weighted by Gasteiger charge is -2.05. The lowest BCUT2D eigenvalue weighted by atomic mass is 10.00. The largest absolute Gasteiger partial charge is 0.367 e. The van der Waals surface area contributed by atoms with E-state index in [2.05, 4.69) is 5.16 Å². The van der Waals surface area contributed by atoms with Crippen LogP contribution in [0.3, 0.4) is 0 Å². The Bertz CT molecular complexity index is 797. The minimum Gasteiger partial charge on any atom is -0.367 e. The average molecular weight is 303 g/mol. The highest BCUT2D eigenvalue weighted by atomic mass is 35.5. The second-order valence-corrected chi connectivity index (χ2v) is 5.20. The Morgan fingerprint density at radius 3 is 2.52 bits per heavy atom. The number of nitrogens with zero attached hydrogens (tertiary/aromatic N) is 1. The number of benzene rings is 2. The molecule has 21 heavy (non-hydrogen) atoms. The predicted octanol–water partition coefficient (Wildman–Crippen LogP) is 4.69. The quantitative estimate of drug-likeness (QED) is 0.747. The number of hydrogen-bond donors (Lipinski definition) is 1. The van der Waals surface area contributed by atoms with E-state index >= 15 is 0 Å². The van der Waals surface area contributed by atoms with Gasteiger partial charge in [0, 0.05) is 10.6 Å². The first-order valence-electron chi connectivity index (χ1n) is 6.34. The molecular formula is C16H12ClFN2O. The van der Waals surface area contributed by atoms with Crippen molar-refractivity contribution in [3.8, 4) is 22.4 Å². The topological polar surface area (TPSA) is 52.0 Å². The molecule has 3 nitrogen and oxygen atoms in total. The fourth-order valence-electron chi connectivity index (χ4n) is 2.19. The van der Waals surface area contributed by atoms with Gasteiger partial charge in [0.2, 0.25) is 5.88 Å². The Labute approximate surface area is 126 Å². The molecule has 0 unspecified atom stereocenters. The molecule has 0 amide bonds. The molecule has 3 aromatic rings. The number of anilines is 1.